The van der Waals surface area contributed by atoms with Crippen LogP contribution < -0.4 is 0 Å². The van der Waals surface area contributed by atoms with Gasteiger partial charge in [0.1, 0.15) is 0 Å². The molecule has 0 spiro atoms. The van der Waals surface area contributed by atoms with Gasteiger partial charge in [-0.25, -0.2) is 4.79 Å². The molecule has 0 aliphatic heterocycles. The summed E-state index contributed by atoms with van der Waals surface area (Å²) in [6, 6.07) is 0. The van der Waals surface area contributed by atoms with Crippen LogP contribution in [0.2, 0.25) is 0 Å². The molecule has 0 atom stereocenters. The van der Waals surface area contributed by atoms with Gasteiger partial charge in [-0.2, -0.15) is 0 Å². The van der Waals surface area contributed by atoms with Crippen molar-refractivity contribution in [1.29, 1.82) is 0 Å². The molecular formula is C12H22O4. The first-order valence-corrected chi connectivity index (χ1v) is 5.27. The highest BCUT2D eigenvalue weighted by atomic mass is 16.4. The smallest absolute Gasteiger partial charge is 0.330 e. The van der Waals surface area contributed by atoms with E-state index in [1.807, 2.05) is 6.92 Å². The van der Waals surface area contributed by atoms with Crippen LogP contribution in [0.25, 0.3) is 0 Å². The van der Waals surface area contributed by atoms with Crippen molar-refractivity contribution in [2.45, 2.75) is 47.0 Å². The lowest BCUT2D eigenvalue weighted by Crippen LogP contribution is -2.18. The standard InChI is InChI=1S/C7H12O2.C5H10O2/c1-3-4-5-6(2)7(8)9;1-5(2,3)4(6)7/h2-5H2,1H3,(H,8,9);1-3H3,(H,6,7). The van der Waals surface area contributed by atoms with E-state index >= 15 is 0 Å². The van der Waals surface area contributed by atoms with E-state index in [1.165, 1.54) is 0 Å². The molecule has 16 heavy (non-hydrogen) atoms. The Balaban J connectivity index is 0. The quantitative estimate of drug-likeness (QED) is 0.728. The van der Waals surface area contributed by atoms with Crippen LogP contribution in [-0.2, 0) is 9.59 Å². The van der Waals surface area contributed by atoms with Gasteiger partial charge in [0.25, 0.3) is 0 Å². The van der Waals surface area contributed by atoms with Gasteiger partial charge in [-0.15, -0.1) is 0 Å². The maximum atomic E-state index is 10.1. The van der Waals surface area contributed by atoms with Crippen molar-refractivity contribution >= 4 is 11.9 Å². The number of aliphatic carboxylic acids is 2. The number of carboxylic acid groups (broad SMARTS) is 2. The number of carboxylic acids is 2. The second-order valence-electron chi connectivity index (χ2n) is 4.57. The minimum atomic E-state index is -0.872. The van der Waals surface area contributed by atoms with Crippen LogP contribution in [0.5, 0.6) is 0 Å². The molecule has 0 rings (SSSR count). The zero-order valence-electron chi connectivity index (χ0n) is 10.5. The number of unbranched alkanes of at least 4 members (excludes halogenated alkanes) is 1. The Labute approximate surface area is 97.0 Å². The molecule has 0 saturated heterocycles. The fourth-order valence-electron chi connectivity index (χ4n) is 0.497. The predicted molar refractivity (Wildman–Crippen MR) is 63.4 cm³/mol. The molecule has 2 N–H and O–H groups in total. The molecule has 0 aromatic rings. The minimum Gasteiger partial charge on any atom is -0.481 e. The summed E-state index contributed by atoms with van der Waals surface area (Å²) in [5.41, 5.74) is -0.267. The topological polar surface area (TPSA) is 74.6 Å². The van der Waals surface area contributed by atoms with Crippen LogP contribution in [0.15, 0.2) is 12.2 Å². The molecule has 0 fully saturated rings. The molecule has 0 saturated carbocycles. The molecule has 4 heteroatoms. The minimum absolute atomic E-state index is 0.317. The Morgan fingerprint density at radius 3 is 1.75 bits per heavy atom. The number of carbonyl (C=O) groups is 2. The van der Waals surface area contributed by atoms with Crippen LogP contribution in [0.4, 0.5) is 0 Å². The summed E-state index contributed by atoms with van der Waals surface area (Å²) in [6.45, 7) is 10.4. The summed E-state index contributed by atoms with van der Waals surface area (Å²) in [4.78, 5) is 20.1. The van der Waals surface area contributed by atoms with Crippen molar-refractivity contribution < 1.29 is 19.8 Å². The molecule has 0 radical (unpaired) electrons. The summed E-state index contributed by atoms with van der Waals surface area (Å²) < 4.78 is 0. The first kappa shape index (κ1) is 17.1. The van der Waals surface area contributed by atoms with Crippen molar-refractivity contribution in [3.8, 4) is 0 Å². The zero-order valence-corrected chi connectivity index (χ0v) is 10.5. The maximum Gasteiger partial charge on any atom is 0.330 e. The lowest BCUT2D eigenvalue weighted by molar-refractivity contribution is -0.145. The molecule has 0 aliphatic carbocycles. The molecule has 0 unspecified atom stereocenters. The number of hydrogen-bond acceptors (Lipinski definition) is 2. The summed E-state index contributed by atoms with van der Waals surface area (Å²) >= 11 is 0. The zero-order chi connectivity index (χ0) is 13.4. The Bertz CT molecular complexity index is 248. The molecular weight excluding hydrogens is 208 g/mol. The first-order valence-electron chi connectivity index (χ1n) is 5.27. The largest absolute Gasteiger partial charge is 0.481 e. The van der Waals surface area contributed by atoms with Crippen molar-refractivity contribution in [2.75, 3.05) is 0 Å². The van der Waals surface area contributed by atoms with Crippen LogP contribution in [0.1, 0.15) is 47.0 Å². The average molecular weight is 230 g/mol. The highest BCUT2D eigenvalue weighted by Gasteiger charge is 2.18. The normalized spacial score (nSPS) is 10.0. The molecule has 94 valence electrons. The highest BCUT2D eigenvalue weighted by molar-refractivity contribution is 5.85. The number of hydrogen-bond donors (Lipinski definition) is 2. The highest BCUT2D eigenvalue weighted by Crippen LogP contribution is 2.11. The van der Waals surface area contributed by atoms with Crippen LogP contribution in [0.3, 0.4) is 0 Å². The third kappa shape index (κ3) is 10.8. The maximum absolute atomic E-state index is 10.1. The van der Waals surface area contributed by atoms with Gasteiger partial charge in [-0.1, -0.05) is 19.9 Å². The summed E-state index contributed by atoms with van der Waals surface area (Å²) in [7, 11) is 0. The molecule has 0 amide bonds. The SMILES string of the molecule is C=C(CCCC)C(=O)O.CC(C)(C)C(=O)O. The van der Waals surface area contributed by atoms with Crippen molar-refractivity contribution in [2.24, 2.45) is 5.41 Å². The third-order valence-electron chi connectivity index (χ3n) is 1.78. The Kier molecular flexibility index (Phi) is 8.44. The van der Waals surface area contributed by atoms with Gasteiger partial charge in [0.05, 0.1) is 5.41 Å². The lowest BCUT2D eigenvalue weighted by atomic mass is 9.98. The van der Waals surface area contributed by atoms with Crippen molar-refractivity contribution in [3.05, 3.63) is 12.2 Å². The second-order valence-corrected chi connectivity index (χ2v) is 4.57. The Hall–Kier alpha value is -1.32. The van der Waals surface area contributed by atoms with Crippen LogP contribution >= 0.6 is 0 Å². The fourth-order valence-corrected chi connectivity index (χ4v) is 0.497. The Morgan fingerprint density at radius 1 is 1.19 bits per heavy atom. The lowest BCUT2D eigenvalue weighted by Gasteiger charge is -2.08. The van der Waals surface area contributed by atoms with E-state index in [1.54, 1.807) is 20.8 Å². The predicted octanol–water partition coefficient (Wildman–Crippen LogP) is 2.93. The fraction of sp³-hybridized carbons (Fsp3) is 0.667. The van der Waals surface area contributed by atoms with Gasteiger partial charge in [0, 0.05) is 5.57 Å². The van der Waals surface area contributed by atoms with Crippen molar-refractivity contribution in [1.82, 2.24) is 0 Å². The van der Waals surface area contributed by atoms with Gasteiger partial charge in [-0.3, -0.25) is 4.79 Å². The molecule has 0 bridgehead atoms. The van der Waals surface area contributed by atoms with Gasteiger partial charge in [-0.05, 0) is 33.6 Å². The first-order chi connectivity index (χ1) is 7.12. The number of rotatable bonds is 4. The monoisotopic (exact) mass is 230 g/mol. The second kappa shape index (κ2) is 7.91. The van der Waals surface area contributed by atoms with E-state index in [9.17, 15) is 9.59 Å². The molecule has 0 heterocycles. The van der Waals surface area contributed by atoms with Gasteiger partial charge in [0.15, 0.2) is 0 Å². The van der Waals surface area contributed by atoms with E-state index in [4.69, 9.17) is 10.2 Å². The van der Waals surface area contributed by atoms with E-state index in [-0.39, 0.29) is 0 Å². The summed E-state index contributed by atoms with van der Waals surface area (Å²) in [5, 5.41) is 16.6. The summed E-state index contributed by atoms with van der Waals surface area (Å²) in [5.74, 6) is -1.63. The molecule has 4 nitrogen and oxygen atoms in total. The van der Waals surface area contributed by atoms with Gasteiger partial charge in [0.2, 0.25) is 0 Å². The Morgan fingerprint density at radius 2 is 1.56 bits per heavy atom. The van der Waals surface area contributed by atoms with Crippen LogP contribution in [0, 0.1) is 5.41 Å². The van der Waals surface area contributed by atoms with Gasteiger partial charge < -0.3 is 10.2 Å². The van der Waals surface area contributed by atoms with Gasteiger partial charge >= 0.3 is 11.9 Å². The third-order valence-corrected chi connectivity index (χ3v) is 1.78. The summed E-state index contributed by atoms with van der Waals surface area (Å²) in [6.07, 6.45) is 2.56. The van der Waals surface area contributed by atoms with Crippen molar-refractivity contribution in [3.63, 3.8) is 0 Å². The molecule has 0 aromatic carbocycles. The van der Waals surface area contributed by atoms with E-state index < -0.39 is 17.4 Å². The van der Waals surface area contributed by atoms with E-state index in [2.05, 4.69) is 6.58 Å². The molecule has 0 aromatic heterocycles. The van der Waals surface area contributed by atoms with Crippen LogP contribution in [-0.4, -0.2) is 22.2 Å². The molecule has 0 aliphatic rings. The van der Waals surface area contributed by atoms with E-state index in [0.717, 1.165) is 12.8 Å². The average Bonchev–Trinajstić information content (AvgIpc) is 2.13. The van der Waals surface area contributed by atoms with E-state index in [0.29, 0.717) is 12.0 Å².